The van der Waals surface area contributed by atoms with Gasteiger partial charge in [0.05, 0.1) is 0 Å². The van der Waals surface area contributed by atoms with Crippen LogP contribution in [0.3, 0.4) is 0 Å². The molecular formula is C16H25N3O2. The molecule has 0 radical (unpaired) electrons. The van der Waals surface area contributed by atoms with Gasteiger partial charge in [-0.05, 0) is 43.7 Å². The number of nitrogens with zero attached hydrogens (tertiary/aromatic N) is 2. The van der Waals surface area contributed by atoms with Gasteiger partial charge in [-0.25, -0.2) is 0 Å². The third-order valence-corrected chi connectivity index (χ3v) is 3.90. The first-order valence-electron chi connectivity index (χ1n) is 7.84. The number of carbonyl (C=O) groups excluding carboxylic acids is 1. The monoisotopic (exact) mass is 291 g/mol. The predicted molar refractivity (Wildman–Crippen MR) is 83.3 cm³/mol. The number of piperidine rings is 1. The number of hydrogen-bond donors (Lipinski definition) is 2. The lowest BCUT2D eigenvalue weighted by Gasteiger charge is -2.32. The zero-order valence-corrected chi connectivity index (χ0v) is 12.7. The van der Waals surface area contributed by atoms with Crippen LogP contribution in [-0.2, 0) is 0 Å². The minimum atomic E-state index is -0.00205. The average molecular weight is 291 g/mol. The Bertz CT molecular complexity index is 463. The number of likely N-dealkylation sites (tertiary alicyclic amines) is 1. The number of pyridine rings is 1. The minimum absolute atomic E-state index is 0.00205. The molecule has 2 rings (SSSR count). The lowest BCUT2D eigenvalue weighted by atomic mass is 9.95. The first-order valence-corrected chi connectivity index (χ1v) is 7.84. The molecule has 1 aliphatic heterocycles. The molecule has 5 nitrogen and oxygen atoms in total. The van der Waals surface area contributed by atoms with Crippen molar-refractivity contribution in [3.05, 3.63) is 24.0 Å². The SMILES string of the molecule is CCCNc1ccnc(C(=O)N2CCCC(CCO)C2)c1. The van der Waals surface area contributed by atoms with Crippen LogP contribution in [-0.4, -0.2) is 47.1 Å². The summed E-state index contributed by atoms with van der Waals surface area (Å²) < 4.78 is 0. The van der Waals surface area contributed by atoms with Gasteiger partial charge in [-0.3, -0.25) is 9.78 Å². The third-order valence-electron chi connectivity index (χ3n) is 3.90. The van der Waals surface area contributed by atoms with Crippen LogP contribution in [0.5, 0.6) is 0 Å². The highest BCUT2D eigenvalue weighted by atomic mass is 16.3. The van der Waals surface area contributed by atoms with E-state index < -0.39 is 0 Å². The van der Waals surface area contributed by atoms with Crippen LogP contribution < -0.4 is 5.32 Å². The van der Waals surface area contributed by atoms with Crippen molar-refractivity contribution in [2.45, 2.75) is 32.6 Å². The Labute approximate surface area is 126 Å². The first-order chi connectivity index (χ1) is 10.2. The number of carbonyl (C=O) groups is 1. The molecule has 1 fully saturated rings. The highest BCUT2D eigenvalue weighted by Gasteiger charge is 2.24. The molecule has 1 atom stereocenters. The van der Waals surface area contributed by atoms with E-state index in [-0.39, 0.29) is 12.5 Å². The van der Waals surface area contributed by atoms with Crippen LogP contribution in [0.4, 0.5) is 5.69 Å². The van der Waals surface area contributed by atoms with E-state index in [1.54, 1.807) is 6.20 Å². The van der Waals surface area contributed by atoms with Crippen LogP contribution in [0.15, 0.2) is 18.3 Å². The predicted octanol–water partition coefficient (Wildman–Crippen LogP) is 2.14. The molecule has 1 aliphatic rings. The van der Waals surface area contributed by atoms with Gasteiger partial charge in [0.25, 0.3) is 5.91 Å². The Morgan fingerprint density at radius 1 is 1.57 bits per heavy atom. The Morgan fingerprint density at radius 3 is 3.19 bits per heavy atom. The average Bonchev–Trinajstić information content (AvgIpc) is 2.53. The highest BCUT2D eigenvalue weighted by Crippen LogP contribution is 2.21. The number of rotatable bonds is 6. The Hall–Kier alpha value is -1.62. The number of aromatic nitrogens is 1. The zero-order valence-electron chi connectivity index (χ0n) is 12.7. The quantitative estimate of drug-likeness (QED) is 0.843. The molecule has 1 aromatic heterocycles. The number of aliphatic hydroxyl groups is 1. The molecule has 2 heterocycles. The fourth-order valence-electron chi connectivity index (χ4n) is 2.76. The number of anilines is 1. The summed E-state index contributed by atoms with van der Waals surface area (Å²) in [5.41, 5.74) is 1.44. The number of nitrogens with one attached hydrogen (secondary N) is 1. The second-order valence-corrected chi connectivity index (χ2v) is 5.63. The Kier molecular flexibility index (Phi) is 5.99. The molecule has 1 aromatic rings. The van der Waals surface area contributed by atoms with Gasteiger partial charge in [0, 0.05) is 38.1 Å². The van der Waals surface area contributed by atoms with Crippen molar-refractivity contribution in [2.75, 3.05) is 31.6 Å². The van der Waals surface area contributed by atoms with Crippen molar-refractivity contribution < 1.29 is 9.90 Å². The van der Waals surface area contributed by atoms with E-state index in [1.807, 2.05) is 17.0 Å². The first kappa shape index (κ1) is 15.8. The molecule has 116 valence electrons. The maximum Gasteiger partial charge on any atom is 0.272 e. The highest BCUT2D eigenvalue weighted by molar-refractivity contribution is 5.93. The smallest absolute Gasteiger partial charge is 0.272 e. The second kappa shape index (κ2) is 7.98. The Morgan fingerprint density at radius 2 is 2.43 bits per heavy atom. The molecule has 0 saturated carbocycles. The zero-order chi connectivity index (χ0) is 15.1. The molecule has 0 bridgehead atoms. The maximum absolute atomic E-state index is 12.5. The van der Waals surface area contributed by atoms with Crippen LogP contribution >= 0.6 is 0 Å². The van der Waals surface area contributed by atoms with Crippen molar-refractivity contribution in [3.63, 3.8) is 0 Å². The minimum Gasteiger partial charge on any atom is -0.396 e. The van der Waals surface area contributed by atoms with Crippen LogP contribution in [0.25, 0.3) is 0 Å². The molecule has 21 heavy (non-hydrogen) atoms. The van der Waals surface area contributed by atoms with Gasteiger partial charge in [-0.2, -0.15) is 0 Å². The summed E-state index contributed by atoms with van der Waals surface area (Å²) in [6.45, 7) is 4.71. The molecular weight excluding hydrogens is 266 g/mol. The fraction of sp³-hybridized carbons (Fsp3) is 0.625. The van der Waals surface area contributed by atoms with Gasteiger partial charge >= 0.3 is 0 Å². The lowest BCUT2D eigenvalue weighted by Crippen LogP contribution is -2.40. The summed E-state index contributed by atoms with van der Waals surface area (Å²) in [6.07, 6.45) is 5.59. The number of aliphatic hydroxyl groups excluding tert-OH is 1. The van der Waals surface area contributed by atoms with Gasteiger partial charge in [0.15, 0.2) is 0 Å². The Balaban J connectivity index is 2.01. The van der Waals surface area contributed by atoms with E-state index in [0.29, 0.717) is 11.6 Å². The van der Waals surface area contributed by atoms with E-state index in [1.165, 1.54) is 0 Å². The van der Waals surface area contributed by atoms with Gasteiger partial charge < -0.3 is 15.3 Å². The van der Waals surface area contributed by atoms with Gasteiger partial charge in [0.2, 0.25) is 0 Å². The summed E-state index contributed by atoms with van der Waals surface area (Å²) in [5, 5.41) is 12.3. The third kappa shape index (κ3) is 4.43. The molecule has 0 aromatic carbocycles. The van der Waals surface area contributed by atoms with Crippen molar-refractivity contribution >= 4 is 11.6 Å². The van der Waals surface area contributed by atoms with Gasteiger partial charge in [-0.1, -0.05) is 6.92 Å². The van der Waals surface area contributed by atoms with Crippen LogP contribution in [0.2, 0.25) is 0 Å². The molecule has 0 spiro atoms. The van der Waals surface area contributed by atoms with Crippen molar-refractivity contribution in [3.8, 4) is 0 Å². The van der Waals surface area contributed by atoms with Crippen molar-refractivity contribution in [1.82, 2.24) is 9.88 Å². The fourth-order valence-corrected chi connectivity index (χ4v) is 2.76. The molecule has 5 heteroatoms. The summed E-state index contributed by atoms with van der Waals surface area (Å²) in [4.78, 5) is 18.6. The van der Waals surface area contributed by atoms with Crippen LogP contribution in [0.1, 0.15) is 43.1 Å². The lowest BCUT2D eigenvalue weighted by molar-refractivity contribution is 0.0648. The summed E-state index contributed by atoms with van der Waals surface area (Å²) in [5.74, 6) is 0.409. The molecule has 2 N–H and O–H groups in total. The van der Waals surface area contributed by atoms with E-state index in [2.05, 4.69) is 17.2 Å². The summed E-state index contributed by atoms with van der Waals surface area (Å²) >= 11 is 0. The number of amides is 1. The van der Waals surface area contributed by atoms with Gasteiger partial charge in [-0.15, -0.1) is 0 Å². The van der Waals surface area contributed by atoms with E-state index in [4.69, 9.17) is 5.11 Å². The maximum atomic E-state index is 12.5. The van der Waals surface area contributed by atoms with E-state index >= 15 is 0 Å². The van der Waals surface area contributed by atoms with Gasteiger partial charge in [0.1, 0.15) is 5.69 Å². The second-order valence-electron chi connectivity index (χ2n) is 5.63. The number of hydrogen-bond acceptors (Lipinski definition) is 4. The standard InChI is InChI=1S/C16H25N3O2/c1-2-7-17-14-5-8-18-15(11-14)16(21)19-9-3-4-13(12-19)6-10-20/h5,8,11,13,20H,2-4,6-7,9-10,12H2,1H3,(H,17,18). The topological polar surface area (TPSA) is 65.5 Å². The molecule has 1 amide bonds. The van der Waals surface area contributed by atoms with Crippen molar-refractivity contribution in [1.29, 1.82) is 0 Å². The molecule has 1 saturated heterocycles. The van der Waals surface area contributed by atoms with Crippen LogP contribution in [0, 0.1) is 5.92 Å². The van der Waals surface area contributed by atoms with E-state index in [9.17, 15) is 4.79 Å². The van der Waals surface area contributed by atoms with E-state index in [0.717, 1.165) is 51.0 Å². The molecule has 1 unspecified atom stereocenters. The summed E-state index contributed by atoms with van der Waals surface area (Å²) in [6, 6.07) is 3.71. The van der Waals surface area contributed by atoms with Crippen molar-refractivity contribution in [2.24, 2.45) is 5.92 Å². The molecule has 0 aliphatic carbocycles. The largest absolute Gasteiger partial charge is 0.396 e. The normalized spacial score (nSPS) is 18.6. The summed E-state index contributed by atoms with van der Waals surface area (Å²) in [7, 11) is 0.